The van der Waals surface area contributed by atoms with Crippen LogP contribution in [0.2, 0.25) is 0 Å². The van der Waals surface area contributed by atoms with E-state index in [-0.39, 0.29) is 19.2 Å². The van der Waals surface area contributed by atoms with Crippen molar-refractivity contribution in [3.8, 4) is 11.5 Å². The van der Waals surface area contributed by atoms with Gasteiger partial charge in [0.15, 0.2) is 11.5 Å². The van der Waals surface area contributed by atoms with E-state index >= 15 is 0 Å². The monoisotopic (exact) mass is 402 g/mol. The lowest BCUT2D eigenvalue weighted by molar-refractivity contribution is -0.135. The Morgan fingerprint density at radius 3 is 2.66 bits per heavy atom. The summed E-state index contributed by atoms with van der Waals surface area (Å²) in [5.41, 5.74) is -0.369. The van der Waals surface area contributed by atoms with Crippen molar-refractivity contribution in [1.29, 1.82) is 0 Å². The summed E-state index contributed by atoms with van der Waals surface area (Å²) in [6.45, 7) is 6.62. The van der Waals surface area contributed by atoms with Crippen LogP contribution in [0.3, 0.4) is 0 Å². The van der Waals surface area contributed by atoms with Crippen LogP contribution in [0, 0.1) is 5.92 Å². The Hall–Kier alpha value is -2.81. The zero-order valence-electron chi connectivity index (χ0n) is 16.7. The van der Waals surface area contributed by atoms with Crippen LogP contribution in [0.4, 0.5) is 10.5 Å². The molecule has 3 aliphatic rings. The van der Waals surface area contributed by atoms with Gasteiger partial charge in [0.05, 0.1) is 0 Å². The van der Waals surface area contributed by atoms with Crippen LogP contribution >= 0.6 is 0 Å². The molecule has 2 saturated heterocycles. The van der Waals surface area contributed by atoms with Gasteiger partial charge in [0.1, 0.15) is 12.1 Å². The summed E-state index contributed by atoms with van der Waals surface area (Å²) in [5, 5.41) is 5.54. The van der Waals surface area contributed by atoms with Crippen molar-refractivity contribution in [1.82, 2.24) is 15.1 Å². The lowest BCUT2D eigenvalue weighted by atomic mass is 9.87. The Morgan fingerprint density at radius 2 is 1.93 bits per heavy atom. The van der Waals surface area contributed by atoms with Crippen molar-refractivity contribution in [2.75, 3.05) is 38.3 Å². The number of likely N-dealkylation sites (tertiary alicyclic amines) is 1. The second-order valence-corrected chi connectivity index (χ2v) is 8.21. The second kappa shape index (κ2) is 7.55. The molecule has 0 saturated carbocycles. The van der Waals surface area contributed by atoms with Crippen LogP contribution in [-0.2, 0) is 9.59 Å². The van der Waals surface area contributed by atoms with E-state index in [1.807, 2.05) is 0 Å². The highest BCUT2D eigenvalue weighted by atomic mass is 16.7. The Labute approximate surface area is 169 Å². The third kappa shape index (κ3) is 3.87. The van der Waals surface area contributed by atoms with E-state index in [4.69, 9.17) is 9.47 Å². The first-order valence-corrected chi connectivity index (χ1v) is 9.92. The highest BCUT2D eigenvalue weighted by molar-refractivity contribution is 6.10. The average Bonchev–Trinajstić information content (AvgIpc) is 3.22. The van der Waals surface area contributed by atoms with E-state index in [0.29, 0.717) is 35.9 Å². The number of ether oxygens (including phenoxy) is 2. The number of urea groups is 1. The lowest BCUT2D eigenvalue weighted by Gasteiger charge is -2.37. The molecule has 9 heteroatoms. The molecule has 9 nitrogen and oxygen atoms in total. The Balaban J connectivity index is 1.36. The van der Waals surface area contributed by atoms with Gasteiger partial charge in [0.25, 0.3) is 5.91 Å². The standard InChI is InChI=1S/C20H26N4O5/c1-13(2)10-23-7-5-20(6-8-23)18(26)24(19(27)22-20)11-17(25)21-14-3-4-15-16(9-14)29-12-28-15/h3-4,9,13H,5-8,10-12H2,1-2H3,(H,21,25)(H,22,27). The van der Waals surface area contributed by atoms with Crippen LogP contribution < -0.4 is 20.1 Å². The maximum atomic E-state index is 13.0. The van der Waals surface area contributed by atoms with Crippen molar-refractivity contribution in [3.05, 3.63) is 18.2 Å². The van der Waals surface area contributed by atoms with Gasteiger partial charge in [-0.15, -0.1) is 0 Å². The minimum atomic E-state index is -0.885. The Bertz CT molecular complexity index is 832. The van der Waals surface area contributed by atoms with E-state index < -0.39 is 17.5 Å². The number of hydrogen-bond donors (Lipinski definition) is 2. The maximum absolute atomic E-state index is 13.0. The highest BCUT2D eigenvalue weighted by Crippen LogP contribution is 2.34. The van der Waals surface area contributed by atoms with E-state index in [0.717, 1.165) is 24.5 Å². The number of nitrogens with one attached hydrogen (secondary N) is 2. The van der Waals surface area contributed by atoms with Crippen molar-refractivity contribution < 1.29 is 23.9 Å². The first kappa shape index (κ1) is 19.5. The molecular formula is C20H26N4O5. The molecule has 0 unspecified atom stereocenters. The van der Waals surface area contributed by atoms with Gasteiger partial charge >= 0.3 is 6.03 Å². The Kier molecular flexibility index (Phi) is 5.08. The number of fused-ring (bicyclic) bond motifs is 1. The van der Waals surface area contributed by atoms with Crippen LogP contribution in [-0.4, -0.2) is 66.2 Å². The SMILES string of the molecule is CC(C)CN1CCC2(CC1)NC(=O)N(CC(=O)Nc1ccc3c(c1)OCO3)C2=O. The molecule has 3 aliphatic heterocycles. The summed E-state index contributed by atoms with van der Waals surface area (Å²) in [5.74, 6) is 0.955. The fraction of sp³-hybridized carbons (Fsp3) is 0.550. The number of nitrogens with zero attached hydrogens (tertiary/aromatic N) is 2. The molecule has 2 fully saturated rings. The smallest absolute Gasteiger partial charge is 0.325 e. The molecule has 0 atom stereocenters. The molecule has 1 aromatic rings. The summed E-state index contributed by atoms with van der Waals surface area (Å²) in [4.78, 5) is 41.2. The van der Waals surface area contributed by atoms with Gasteiger partial charge in [-0.25, -0.2) is 4.79 Å². The van der Waals surface area contributed by atoms with E-state index in [2.05, 4.69) is 29.4 Å². The third-order valence-electron chi connectivity index (χ3n) is 5.54. The Morgan fingerprint density at radius 1 is 1.21 bits per heavy atom. The molecule has 0 bridgehead atoms. The zero-order chi connectivity index (χ0) is 20.6. The number of anilines is 1. The molecule has 156 valence electrons. The molecule has 3 heterocycles. The van der Waals surface area contributed by atoms with Crippen molar-refractivity contribution in [3.63, 3.8) is 0 Å². The van der Waals surface area contributed by atoms with E-state index in [1.165, 1.54) is 0 Å². The summed E-state index contributed by atoms with van der Waals surface area (Å²) in [6.07, 6.45) is 1.12. The van der Waals surface area contributed by atoms with Crippen molar-refractivity contribution in [2.45, 2.75) is 32.2 Å². The minimum Gasteiger partial charge on any atom is -0.454 e. The summed E-state index contributed by atoms with van der Waals surface area (Å²) >= 11 is 0. The number of piperidine rings is 1. The van der Waals surface area contributed by atoms with Gasteiger partial charge in [0, 0.05) is 31.4 Å². The first-order chi connectivity index (χ1) is 13.9. The molecule has 0 aliphatic carbocycles. The van der Waals surface area contributed by atoms with Gasteiger partial charge in [-0.1, -0.05) is 13.8 Å². The predicted octanol–water partition coefficient (Wildman–Crippen LogP) is 1.40. The highest BCUT2D eigenvalue weighted by Gasteiger charge is 2.52. The second-order valence-electron chi connectivity index (χ2n) is 8.21. The van der Waals surface area contributed by atoms with Crippen molar-refractivity contribution in [2.24, 2.45) is 5.92 Å². The first-order valence-electron chi connectivity index (χ1n) is 9.92. The molecule has 29 heavy (non-hydrogen) atoms. The fourth-order valence-corrected chi connectivity index (χ4v) is 4.11. The summed E-state index contributed by atoms with van der Waals surface area (Å²) < 4.78 is 10.5. The molecule has 4 amide bonds. The molecule has 1 spiro atoms. The maximum Gasteiger partial charge on any atom is 0.325 e. The number of benzene rings is 1. The van der Waals surface area contributed by atoms with Gasteiger partial charge in [-0.2, -0.15) is 0 Å². The van der Waals surface area contributed by atoms with Crippen LogP contribution in [0.25, 0.3) is 0 Å². The normalized spacial score (nSPS) is 20.4. The summed E-state index contributed by atoms with van der Waals surface area (Å²) in [7, 11) is 0. The molecule has 0 radical (unpaired) electrons. The number of amides is 4. The van der Waals surface area contributed by atoms with Crippen LogP contribution in [0.15, 0.2) is 18.2 Å². The molecule has 2 N–H and O–H groups in total. The number of imide groups is 1. The van der Waals surface area contributed by atoms with Gasteiger partial charge in [-0.05, 0) is 30.9 Å². The average molecular weight is 402 g/mol. The lowest BCUT2D eigenvalue weighted by Crippen LogP contribution is -2.55. The molecule has 1 aromatic carbocycles. The van der Waals surface area contributed by atoms with Crippen LogP contribution in [0.5, 0.6) is 11.5 Å². The van der Waals surface area contributed by atoms with E-state index in [1.54, 1.807) is 18.2 Å². The molecular weight excluding hydrogens is 376 g/mol. The molecule has 4 rings (SSSR count). The predicted molar refractivity (Wildman–Crippen MR) is 105 cm³/mol. The van der Waals surface area contributed by atoms with Gasteiger partial charge in [-0.3, -0.25) is 14.5 Å². The van der Waals surface area contributed by atoms with Crippen LogP contribution in [0.1, 0.15) is 26.7 Å². The number of carbonyl (C=O) groups excluding carboxylic acids is 3. The zero-order valence-corrected chi connectivity index (χ0v) is 16.7. The third-order valence-corrected chi connectivity index (χ3v) is 5.54. The number of carbonyl (C=O) groups is 3. The quantitative estimate of drug-likeness (QED) is 0.722. The number of rotatable bonds is 5. The summed E-state index contributed by atoms with van der Waals surface area (Å²) in [6, 6.07) is 4.53. The van der Waals surface area contributed by atoms with Crippen molar-refractivity contribution >= 4 is 23.5 Å². The fourth-order valence-electron chi connectivity index (χ4n) is 4.11. The molecule has 0 aromatic heterocycles. The number of hydrogen-bond acceptors (Lipinski definition) is 6. The minimum absolute atomic E-state index is 0.145. The topological polar surface area (TPSA) is 100 Å². The van der Waals surface area contributed by atoms with Gasteiger partial charge < -0.3 is 25.0 Å². The van der Waals surface area contributed by atoms with E-state index in [9.17, 15) is 14.4 Å². The van der Waals surface area contributed by atoms with Gasteiger partial charge in [0.2, 0.25) is 12.7 Å². The largest absolute Gasteiger partial charge is 0.454 e.